The summed E-state index contributed by atoms with van der Waals surface area (Å²) in [6.07, 6.45) is 0.273. The average molecular weight is 307 g/mol. The summed E-state index contributed by atoms with van der Waals surface area (Å²) in [6, 6.07) is 5.42. The molecule has 9 nitrogen and oxygen atoms in total. The van der Waals surface area contributed by atoms with E-state index in [1.54, 1.807) is 12.1 Å². The van der Waals surface area contributed by atoms with E-state index in [0.717, 1.165) is 5.56 Å². The van der Waals surface area contributed by atoms with Gasteiger partial charge in [-0.25, -0.2) is 5.84 Å². The highest BCUT2D eigenvalue weighted by molar-refractivity contribution is 5.85. The van der Waals surface area contributed by atoms with Gasteiger partial charge >= 0.3 is 5.97 Å². The summed E-state index contributed by atoms with van der Waals surface area (Å²) in [6.45, 7) is 0. The van der Waals surface area contributed by atoms with Gasteiger partial charge in [-0.1, -0.05) is 12.1 Å². The van der Waals surface area contributed by atoms with E-state index in [2.05, 4.69) is 10.9 Å². The number of hydrazone groups is 1. The van der Waals surface area contributed by atoms with Gasteiger partial charge in [-0.15, -0.1) is 17.5 Å². The van der Waals surface area contributed by atoms with Gasteiger partial charge in [0.15, 0.2) is 0 Å². The van der Waals surface area contributed by atoms with Crippen LogP contribution in [0.15, 0.2) is 29.4 Å². The van der Waals surface area contributed by atoms with Gasteiger partial charge in [0.2, 0.25) is 5.96 Å². The Hall–Kier alpha value is -2.23. The Labute approximate surface area is 122 Å². The average Bonchev–Trinajstić information content (AvgIpc) is 2.41. The van der Waals surface area contributed by atoms with Gasteiger partial charge < -0.3 is 27.5 Å². The standard InChI is InChI=1S/C9H11NO3.CH7N5.ClH/c10-8(9(12)13)5-6-1-3-7(11)4-2-6;2-1(5-3)6-4;/h1-4,8,11H,5,10H2,(H,12,13);3-4H2,(H3,2,5,6);1H. The van der Waals surface area contributed by atoms with Crippen LogP contribution in [0.5, 0.6) is 5.75 Å². The van der Waals surface area contributed by atoms with Crippen LogP contribution in [0.4, 0.5) is 0 Å². The monoisotopic (exact) mass is 306 g/mol. The maximum atomic E-state index is 10.4. The number of aromatic hydroxyl groups is 1. The number of carboxylic acids is 1. The number of nitrogens with zero attached hydrogens (tertiary/aromatic N) is 1. The second-order valence-electron chi connectivity index (χ2n) is 3.47. The van der Waals surface area contributed by atoms with Gasteiger partial charge in [0, 0.05) is 0 Å². The molecule has 1 aromatic carbocycles. The molecular weight excluding hydrogens is 288 g/mol. The highest BCUT2D eigenvalue weighted by atomic mass is 35.5. The molecule has 1 rings (SSSR count). The van der Waals surface area contributed by atoms with E-state index in [9.17, 15) is 4.79 Å². The van der Waals surface area contributed by atoms with Crippen LogP contribution in [0.1, 0.15) is 5.56 Å². The summed E-state index contributed by atoms with van der Waals surface area (Å²) in [5.41, 5.74) is 13.0. The molecule has 0 spiro atoms. The molecule has 20 heavy (non-hydrogen) atoms. The molecule has 1 atom stereocenters. The van der Waals surface area contributed by atoms with Crippen LogP contribution in [-0.4, -0.2) is 28.2 Å². The van der Waals surface area contributed by atoms with Gasteiger partial charge in [-0.3, -0.25) is 10.2 Å². The number of carboxylic acid groups (broad SMARTS) is 1. The molecule has 114 valence electrons. The molecule has 1 unspecified atom stereocenters. The van der Waals surface area contributed by atoms with E-state index in [4.69, 9.17) is 27.5 Å². The minimum absolute atomic E-state index is 0. The van der Waals surface area contributed by atoms with Crippen molar-refractivity contribution in [3.05, 3.63) is 29.8 Å². The topological polar surface area (TPSA) is 186 Å². The molecule has 0 bridgehead atoms. The second kappa shape index (κ2) is 10.7. The Balaban J connectivity index is 0. The van der Waals surface area contributed by atoms with Crippen LogP contribution in [0.2, 0.25) is 0 Å². The maximum Gasteiger partial charge on any atom is 0.320 e. The summed E-state index contributed by atoms with van der Waals surface area (Å²) in [4.78, 5) is 10.4. The smallest absolute Gasteiger partial charge is 0.320 e. The lowest BCUT2D eigenvalue weighted by molar-refractivity contribution is -0.138. The van der Waals surface area contributed by atoms with Gasteiger partial charge in [0.05, 0.1) is 0 Å². The molecule has 0 aliphatic heterocycles. The van der Waals surface area contributed by atoms with Gasteiger partial charge in [-0.05, 0) is 24.1 Å². The third-order valence-electron chi connectivity index (χ3n) is 2.00. The first kappa shape index (κ1) is 20.1. The fraction of sp³-hybridized carbons (Fsp3) is 0.200. The Kier molecular flexibility index (Phi) is 10.7. The summed E-state index contributed by atoms with van der Waals surface area (Å²) < 4.78 is 0. The lowest BCUT2D eigenvalue weighted by atomic mass is 10.1. The number of phenolic OH excluding ortho intramolecular Hbond substituents is 1. The Morgan fingerprint density at radius 2 is 1.85 bits per heavy atom. The Morgan fingerprint density at radius 3 is 2.15 bits per heavy atom. The first-order valence-corrected chi connectivity index (χ1v) is 5.17. The number of hydrogen-bond donors (Lipinski definition) is 7. The molecule has 0 amide bonds. The van der Waals surface area contributed by atoms with Gasteiger partial charge in [-0.2, -0.15) is 0 Å². The first-order valence-electron chi connectivity index (χ1n) is 5.17. The number of carbonyl (C=O) groups is 1. The van der Waals surface area contributed by atoms with Crippen LogP contribution in [-0.2, 0) is 11.2 Å². The SMILES string of the molecule is Cl.NC(Cc1ccc(O)cc1)C(=O)O.NN=C(N)NN. The molecule has 0 saturated carbocycles. The minimum atomic E-state index is -1.02. The quantitative estimate of drug-likeness (QED) is 0.150. The molecule has 0 aliphatic rings. The van der Waals surface area contributed by atoms with E-state index >= 15 is 0 Å². The van der Waals surface area contributed by atoms with E-state index < -0.39 is 12.0 Å². The molecule has 0 aliphatic carbocycles. The molecule has 11 N–H and O–H groups in total. The number of guanidine groups is 1. The van der Waals surface area contributed by atoms with E-state index in [1.165, 1.54) is 12.1 Å². The molecule has 0 heterocycles. The van der Waals surface area contributed by atoms with Gasteiger partial charge in [0.1, 0.15) is 11.8 Å². The van der Waals surface area contributed by atoms with Crippen molar-refractivity contribution >= 4 is 24.3 Å². The molecule has 10 heteroatoms. The molecule has 0 saturated heterocycles. The highest BCUT2D eigenvalue weighted by Gasteiger charge is 2.11. The number of hydrazine groups is 1. The number of nitrogens with two attached hydrogens (primary N) is 4. The number of phenols is 1. The third kappa shape index (κ3) is 8.80. The molecule has 0 fully saturated rings. The third-order valence-corrected chi connectivity index (χ3v) is 2.00. The highest BCUT2D eigenvalue weighted by Crippen LogP contribution is 2.10. The normalized spacial score (nSPS) is 11.4. The number of aliphatic carboxylic acids is 1. The largest absolute Gasteiger partial charge is 0.508 e. The minimum Gasteiger partial charge on any atom is -0.508 e. The summed E-state index contributed by atoms with van der Waals surface area (Å²) >= 11 is 0. The van der Waals surface area contributed by atoms with Crippen molar-refractivity contribution in [3.8, 4) is 5.75 Å². The van der Waals surface area contributed by atoms with Gasteiger partial charge in [0.25, 0.3) is 0 Å². The van der Waals surface area contributed by atoms with Crippen LogP contribution >= 0.6 is 12.4 Å². The number of rotatable bonds is 3. The Bertz CT molecular complexity index is 426. The number of halogens is 1. The van der Waals surface area contributed by atoms with Crippen LogP contribution in [0.25, 0.3) is 0 Å². The molecule has 0 radical (unpaired) electrons. The van der Waals surface area contributed by atoms with Crippen molar-refractivity contribution in [1.82, 2.24) is 5.43 Å². The number of benzene rings is 1. The lowest BCUT2D eigenvalue weighted by Gasteiger charge is -2.05. The summed E-state index contributed by atoms with van der Waals surface area (Å²) in [7, 11) is 0. The van der Waals surface area contributed by atoms with E-state index in [-0.39, 0.29) is 30.5 Å². The van der Waals surface area contributed by atoms with Crippen LogP contribution in [0.3, 0.4) is 0 Å². The van der Waals surface area contributed by atoms with Crippen molar-refractivity contribution in [2.75, 3.05) is 0 Å². The van der Waals surface area contributed by atoms with Crippen molar-refractivity contribution in [2.45, 2.75) is 12.5 Å². The Morgan fingerprint density at radius 1 is 1.35 bits per heavy atom. The fourth-order valence-corrected chi connectivity index (χ4v) is 1.01. The molecule has 1 aromatic rings. The van der Waals surface area contributed by atoms with Crippen molar-refractivity contribution in [3.63, 3.8) is 0 Å². The van der Waals surface area contributed by atoms with E-state index in [1.807, 2.05) is 5.43 Å². The van der Waals surface area contributed by atoms with E-state index in [0.29, 0.717) is 0 Å². The second-order valence-corrected chi connectivity index (χ2v) is 3.47. The fourth-order valence-electron chi connectivity index (χ4n) is 1.01. The predicted molar refractivity (Wildman–Crippen MR) is 77.8 cm³/mol. The van der Waals surface area contributed by atoms with Crippen molar-refractivity contribution in [1.29, 1.82) is 0 Å². The maximum absolute atomic E-state index is 10.4. The summed E-state index contributed by atoms with van der Waals surface area (Å²) in [5, 5.41) is 20.4. The predicted octanol–water partition coefficient (Wildman–Crippen LogP) is -1.59. The summed E-state index contributed by atoms with van der Waals surface area (Å²) in [5.74, 6) is 8.46. The van der Waals surface area contributed by atoms with Crippen molar-refractivity contribution < 1.29 is 15.0 Å². The number of hydrogen-bond acceptors (Lipinski definition) is 6. The van der Waals surface area contributed by atoms with Crippen LogP contribution in [0, 0.1) is 0 Å². The number of nitrogens with one attached hydrogen (secondary N) is 1. The van der Waals surface area contributed by atoms with Crippen LogP contribution < -0.4 is 28.6 Å². The van der Waals surface area contributed by atoms with Crippen molar-refractivity contribution in [2.24, 2.45) is 28.3 Å². The first-order chi connectivity index (χ1) is 8.90. The zero-order chi connectivity index (χ0) is 14.8. The zero-order valence-electron chi connectivity index (χ0n) is 10.6. The molecular formula is C10H19ClN6O3. The zero-order valence-corrected chi connectivity index (χ0v) is 11.4. The lowest BCUT2D eigenvalue weighted by Crippen LogP contribution is -2.37. The molecule has 0 aromatic heterocycles.